The van der Waals surface area contributed by atoms with Crippen molar-refractivity contribution in [1.29, 1.82) is 0 Å². The van der Waals surface area contributed by atoms with Gasteiger partial charge >= 0.3 is 0 Å². The highest BCUT2D eigenvalue weighted by molar-refractivity contribution is 9.11. The van der Waals surface area contributed by atoms with E-state index >= 15 is 0 Å². The zero-order valence-electron chi connectivity index (χ0n) is 13.9. The molecule has 0 aliphatic rings. The number of para-hydroxylation sites is 2. The molecule has 0 spiro atoms. The molecule has 4 rings (SSSR count). The Morgan fingerprint density at radius 3 is 2.20 bits per heavy atom. The molecule has 0 atom stereocenters. The number of aryl methyl sites for hydroxylation is 2. The predicted molar refractivity (Wildman–Crippen MR) is 111 cm³/mol. The summed E-state index contributed by atoms with van der Waals surface area (Å²) >= 11 is 7.41. The zero-order chi connectivity index (χ0) is 17.6. The SMILES string of the molecule is Cc1cc(C)cc(-c2nc3cccc(Br)c3n2-c2ccccc2Br)c1. The molecule has 4 heteroatoms. The fraction of sp³-hybridized carbons (Fsp3) is 0.0952. The summed E-state index contributed by atoms with van der Waals surface area (Å²) in [5, 5.41) is 0. The van der Waals surface area contributed by atoms with E-state index in [1.54, 1.807) is 0 Å². The molecule has 0 N–H and O–H groups in total. The van der Waals surface area contributed by atoms with Crippen LogP contribution in [0.25, 0.3) is 28.1 Å². The number of halogens is 2. The summed E-state index contributed by atoms with van der Waals surface area (Å²) in [5.74, 6) is 0.945. The molecule has 0 aliphatic carbocycles. The quantitative estimate of drug-likeness (QED) is 0.323. The highest BCUT2D eigenvalue weighted by Crippen LogP contribution is 2.35. The maximum Gasteiger partial charge on any atom is 0.145 e. The Kier molecular flexibility index (Phi) is 4.26. The van der Waals surface area contributed by atoms with Gasteiger partial charge in [0.05, 0.1) is 16.7 Å². The fourth-order valence-electron chi connectivity index (χ4n) is 3.25. The van der Waals surface area contributed by atoms with Gasteiger partial charge in [-0.1, -0.05) is 35.4 Å². The van der Waals surface area contributed by atoms with Crippen molar-refractivity contribution in [2.45, 2.75) is 13.8 Å². The number of aromatic nitrogens is 2. The first-order valence-corrected chi connectivity index (χ1v) is 9.64. The van der Waals surface area contributed by atoms with Crippen LogP contribution in [-0.4, -0.2) is 9.55 Å². The normalized spacial score (nSPS) is 11.2. The molecule has 0 saturated heterocycles. The van der Waals surface area contributed by atoms with Crippen molar-refractivity contribution in [3.63, 3.8) is 0 Å². The summed E-state index contributed by atoms with van der Waals surface area (Å²) in [4.78, 5) is 4.96. The third-order valence-electron chi connectivity index (χ3n) is 4.20. The van der Waals surface area contributed by atoms with Crippen molar-refractivity contribution in [2.75, 3.05) is 0 Å². The maximum atomic E-state index is 4.96. The number of hydrogen-bond acceptors (Lipinski definition) is 1. The number of hydrogen-bond donors (Lipinski definition) is 0. The number of benzene rings is 3. The molecule has 0 unspecified atom stereocenters. The van der Waals surface area contributed by atoms with Crippen molar-refractivity contribution < 1.29 is 0 Å². The standard InChI is InChI=1S/C21H16Br2N2/c1-13-10-14(2)12-15(11-13)21-24-18-8-5-7-17(23)20(18)25(21)19-9-4-3-6-16(19)22/h3-12H,1-2H3. The van der Waals surface area contributed by atoms with Gasteiger partial charge in [0.2, 0.25) is 0 Å². The molecule has 0 bridgehead atoms. The molecule has 3 aromatic carbocycles. The minimum absolute atomic E-state index is 0.945. The van der Waals surface area contributed by atoms with Crippen LogP contribution in [0.3, 0.4) is 0 Å². The average Bonchev–Trinajstić information content (AvgIpc) is 2.95. The summed E-state index contributed by atoms with van der Waals surface area (Å²) < 4.78 is 4.29. The lowest BCUT2D eigenvalue weighted by molar-refractivity contribution is 1.09. The fourth-order valence-corrected chi connectivity index (χ4v) is 4.25. The average molecular weight is 456 g/mol. The molecule has 25 heavy (non-hydrogen) atoms. The van der Waals surface area contributed by atoms with E-state index in [0.29, 0.717) is 0 Å². The van der Waals surface area contributed by atoms with Gasteiger partial charge in [-0.3, -0.25) is 4.57 Å². The van der Waals surface area contributed by atoms with E-state index in [2.05, 4.69) is 92.7 Å². The minimum atomic E-state index is 0.945. The van der Waals surface area contributed by atoms with Crippen LogP contribution in [0.2, 0.25) is 0 Å². The number of imidazole rings is 1. The topological polar surface area (TPSA) is 17.8 Å². The molecule has 2 nitrogen and oxygen atoms in total. The van der Waals surface area contributed by atoms with Gasteiger partial charge in [-0.05, 0) is 82.1 Å². The monoisotopic (exact) mass is 454 g/mol. The smallest absolute Gasteiger partial charge is 0.145 e. The Morgan fingerprint density at radius 2 is 1.48 bits per heavy atom. The Labute approximate surface area is 163 Å². The van der Waals surface area contributed by atoms with Crippen molar-refractivity contribution in [2.24, 2.45) is 0 Å². The van der Waals surface area contributed by atoms with Crippen LogP contribution >= 0.6 is 31.9 Å². The summed E-state index contributed by atoms with van der Waals surface area (Å²) in [5.41, 5.74) is 6.71. The van der Waals surface area contributed by atoms with Gasteiger partial charge in [-0.2, -0.15) is 0 Å². The van der Waals surface area contributed by atoms with E-state index in [1.165, 1.54) is 11.1 Å². The predicted octanol–water partition coefficient (Wildman–Crippen LogP) is 6.83. The molecule has 124 valence electrons. The Hall–Kier alpha value is -1.91. The lowest BCUT2D eigenvalue weighted by Crippen LogP contribution is -1.99. The molecule has 1 aromatic heterocycles. The Morgan fingerprint density at radius 1 is 0.800 bits per heavy atom. The van der Waals surface area contributed by atoms with Gasteiger partial charge < -0.3 is 0 Å². The minimum Gasteiger partial charge on any atom is -0.290 e. The highest BCUT2D eigenvalue weighted by atomic mass is 79.9. The zero-order valence-corrected chi connectivity index (χ0v) is 17.1. The third kappa shape index (κ3) is 2.94. The summed E-state index contributed by atoms with van der Waals surface area (Å²) in [6.45, 7) is 4.25. The molecule has 0 amide bonds. The molecule has 0 saturated carbocycles. The van der Waals surface area contributed by atoms with Gasteiger partial charge in [-0.25, -0.2) is 4.98 Å². The van der Waals surface area contributed by atoms with Crippen LogP contribution in [-0.2, 0) is 0 Å². The number of rotatable bonds is 2. The Balaban J connectivity index is 2.13. The lowest BCUT2D eigenvalue weighted by atomic mass is 10.1. The van der Waals surface area contributed by atoms with Crippen LogP contribution in [0.1, 0.15) is 11.1 Å². The van der Waals surface area contributed by atoms with E-state index in [0.717, 1.165) is 37.1 Å². The van der Waals surface area contributed by atoms with Crippen LogP contribution < -0.4 is 0 Å². The van der Waals surface area contributed by atoms with Crippen molar-refractivity contribution in [1.82, 2.24) is 9.55 Å². The second-order valence-corrected chi connectivity index (χ2v) is 7.91. The molecule has 1 heterocycles. The first-order valence-electron chi connectivity index (χ1n) is 8.05. The van der Waals surface area contributed by atoms with Crippen LogP contribution in [0.15, 0.2) is 69.6 Å². The van der Waals surface area contributed by atoms with Crippen molar-refractivity contribution >= 4 is 42.9 Å². The summed E-state index contributed by atoms with van der Waals surface area (Å²) in [7, 11) is 0. The van der Waals surface area contributed by atoms with Crippen molar-refractivity contribution in [3.05, 3.63) is 80.7 Å². The van der Waals surface area contributed by atoms with Crippen LogP contribution in [0, 0.1) is 13.8 Å². The van der Waals surface area contributed by atoms with Gasteiger partial charge in [0.15, 0.2) is 0 Å². The van der Waals surface area contributed by atoms with Crippen LogP contribution in [0.4, 0.5) is 0 Å². The third-order valence-corrected chi connectivity index (χ3v) is 5.51. The van der Waals surface area contributed by atoms with E-state index in [-0.39, 0.29) is 0 Å². The highest BCUT2D eigenvalue weighted by Gasteiger charge is 2.18. The summed E-state index contributed by atoms with van der Waals surface area (Å²) in [6.07, 6.45) is 0. The molecule has 0 radical (unpaired) electrons. The van der Waals surface area contributed by atoms with Gasteiger partial charge in [0.25, 0.3) is 0 Å². The largest absolute Gasteiger partial charge is 0.290 e. The number of fused-ring (bicyclic) bond motifs is 1. The first-order chi connectivity index (χ1) is 12.0. The molecule has 4 aromatic rings. The van der Waals surface area contributed by atoms with Crippen LogP contribution in [0.5, 0.6) is 0 Å². The van der Waals surface area contributed by atoms with E-state index in [1.807, 2.05) is 18.2 Å². The van der Waals surface area contributed by atoms with E-state index < -0.39 is 0 Å². The van der Waals surface area contributed by atoms with E-state index in [4.69, 9.17) is 4.98 Å². The van der Waals surface area contributed by atoms with Gasteiger partial charge in [0.1, 0.15) is 5.82 Å². The first kappa shape index (κ1) is 16.6. The molecular weight excluding hydrogens is 440 g/mol. The van der Waals surface area contributed by atoms with E-state index in [9.17, 15) is 0 Å². The van der Waals surface area contributed by atoms with Gasteiger partial charge in [-0.15, -0.1) is 0 Å². The second kappa shape index (κ2) is 6.43. The maximum absolute atomic E-state index is 4.96. The Bertz CT molecular complexity index is 1080. The molecular formula is C21H16Br2N2. The lowest BCUT2D eigenvalue weighted by Gasteiger charge is -2.13. The number of nitrogens with zero attached hydrogens (tertiary/aromatic N) is 2. The second-order valence-electron chi connectivity index (χ2n) is 6.21. The van der Waals surface area contributed by atoms with Gasteiger partial charge in [0, 0.05) is 14.5 Å². The summed E-state index contributed by atoms with van der Waals surface area (Å²) in [6, 6.07) is 20.9. The molecule has 0 fully saturated rings. The molecule has 0 aliphatic heterocycles. The van der Waals surface area contributed by atoms with Crippen molar-refractivity contribution in [3.8, 4) is 17.1 Å².